The Balaban J connectivity index is 1.91. The van der Waals surface area contributed by atoms with Crippen LogP contribution in [0, 0.1) is 5.92 Å². The quantitative estimate of drug-likeness (QED) is 0.865. The van der Waals surface area contributed by atoms with E-state index in [-0.39, 0.29) is 5.56 Å². The monoisotopic (exact) mass is 273 g/mol. The molecule has 0 radical (unpaired) electrons. The first-order valence-electron chi connectivity index (χ1n) is 6.59. The summed E-state index contributed by atoms with van der Waals surface area (Å²) in [5.41, 5.74) is 6.02. The van der Waals surface area contributed by atoms with Crippen LogP contribution in [0.1, 0.15) is 29.6 Å². The smallest absolute Gasteiger partial charge is 0.341 e. The number of carbonyl (C=O) groups is 2. The molecule has 2 aromatic heterocycles. The SMILES string of the molecule is NC(=O)n1ccc2cncc(C(=O)OCC3CCC3)c21. The number of rotatable bonds is 3. The van der Waals surface area contributed by atoms with E-state index in [1.807, 2.05) is 0 Å². The predicted molar refractivity (Wildman–Crippen MR) is 72.3 cm³/mol. The van der Waals surface area contributed by atoms with Crippen molar-refractivity contribution in [3.05, 3.63) is 30.2 Å². The molecule has 0 unspecified atom stereocenters. The number of fused-ring (bicyclic) bond motifs is 1. The maximum atomic E-state index is 12.1. The lowest BCUT2D eigenvalue weighted by Crippen LogP contribution is -2.22. The fourth-order valence-corrected chi connectivity index (χ4v) is 2.35. The van der Waals surface area contributed by atoms with Crippen LogP contribution in [0.5, 0.6) is 0 Å². The molecule has 0 aromatic carbocycles. The number of nitrogens with zero attached hydrogens (tertiary/aromatic N) is 2. The van der Waals surface area contributed by atoms with Gasteiger partial charge in [0.2, 0.25) is 0 Å². The maximum absolute atomic E-state index is 12.1. The van der Waals surface area contributed by atoms with E-state index in [0.29, 0.717) is 23.4 Å². The summed E-state index contributed by atoms with van der Waals surface area (Å²) >= 11 is 0. The second-order valence-corrected chi connectivity index (χ2v) is 5.04. The number of nitrogens with two attached hydrogens (primary N) is 1. The number of primary amides is 1. The minimum absolute atomic E-state index is 0.269. The molecule has 1 saturated carbocycles. The molecule has 0 saturated heterocycles. The summed E-state index contributed by atoms with van der Waals surface area (Å²) < 4.78 is 6.53. The molecule has 2 heterocycles. The number of amides is 1. The number of ether oxygens (including phenoxy) is 1. The first-order chi connectivity index (χ1) is 9.66. The highest BCUT2D eigenvalue weighted by molar-refractivity contribution is 6.05. The zero-order chi connectivity index (χ0) is 14.1. The molecule has 2 aromatic rings. The molecule has 0 atom stereocenters. The third-order valence-corrected chi connectivity index (χ3v) is 3.72. The van der Waals surface area contributed by atoms with Crippen molar-refractivity contribution in [2.45, 2.75) is 19.3 Å². The molecule has 0 aliphatic heterocycles. The van der Waals surface area contributed by atoms with Gasteiger partial charge in [-0.15, -0.1) is 0 Å². The summed E-state index contributed by atoms with van der Waals surface area (Å²) in [6.07, 6.45) is 7.92. The lowest BCUT2D eigenvalue weighted by atomic mass is 9.86. The lowest BCUT2D eigenvalue weighted by molar-refractivity contribution is 0.0373. The lowest BCUT2D eigenvalue weighted by Gasteiger charge is -2.24. The Morgan fingerprint density at radius 2 is 2.20 bits per heavy atom. The van der Waals surface area contributed by atoms with Gasteiger partial charge in [-0.25, -0.2) is 9.59 Å². The Morgan fingerprint density at radius 1 is 1.40 bits per heavy atom. The van der Waals surface area contributed by atoms with Crippen molar-refractivity contribution in [1.82, 2.24) is 9.55 Å². The van der Waals surface area contributed by atoms with Crippen LogP contribution in [0.4, 0.5) is 4.79 Å². The van der Waals surface area contributed by atoms with Crippen LogP contribution in [0.2, 0.25) is 0 Å². The molecule has 1 aliphatic rings. The highest BCUT2D eigenvalue weighted by atomic mass is 16.5. The van der Waals surface area contributed by atoms with Crippen molar-refractivity contribution in [3.8, 4) is 0 Å². The maximum Gasteiger partial charge on any atom is 0.341 e. The van der Waals surface area contributed by atoms with Crippen molar-refractivity contribution in [2.75, 3.05) is 6.61 Å². The van der Waals surface area contributed by atoms with Crippen molar-refractivity contribution < 1.29 is 14.3 Å². The Hall–Kier alpha value is -2.37. The van der Waals surface area contributed by atoms with E-state index in [1.165, 1.54) is 23.4 Å². The topological polar surface area (TPSA) is 87.2 Å². The number of carbonyl (C=O) groups excluding carboxylic acids is 2. The van der Waals surface area contributed by atoms with Gasteiger partial charge in [0, 0.05) is 24.0 Å². The van der Waals surface area contributed by atoms with Crippen molar-refractivity contribution >= 4 is 22.9 Å². The average Bonchev–Trinajstić information content (AvgIpc) is 2.80. The van der Waals surface area contributed by atoms with E-state index < -0.39 is 12.0 Å². The molecule has 6 nitrogen and oxygen atoms in total. The fraction of sp³-hybridized carbons (Fsp3) is 0.357. The van der Waals surface area contributed by atoms with Crippen molar-refractivity contribution in [3.63, 3.8) is 0 Å². The van der Waals surface area contributed by atoms with E-state index in [0.717, 1.165) is 12.8 Å². The minimum atomic E-state index is -0.640. The summed E-state index contributed by atoms with van der Waals surface area (Å²) in [6.45, 7) is 0.423. The average molecular weight is 273 g/mol. The van der Waals surface area contributed by atoms with Crippen LogP contribution in [-0.4, -0.2) is 28.2 Å². The number of hydrogen-bond donors (Lipinski definition) is 1. The summed E-state index contributed by atoms with van der Waals surface area (Å²) in [4.78, 5) is 27.5. The summed E-state index contributed by atoms with van der Waals surface area (Å²) in [5, 5.41) is 0.682. The van der Waals surface area contributed by atoms with Gasteiger partial charge < -0.3 is 10.5 Å². The van der Waals surface area contributed by atoms with E-state index in [9.17, 15) is 9.59 Å². The highest BCUT2D eigenvalue weighted by Gasteiger charge is 2.22. The molecule has 6 heteroatoms. The van der Waals surface area contributed by atoms with Gasteiger partial charge in [-0.2, -0.15) is 0 Å². The molecule has 104 valence electrons. The number of hydrogen-bond acceptors (Lipinski definition) is 4. The molecular weight excluding hydrogens is 258 g/mol. The molecule has 1 amide bonds. The van der Waals surface area contributed by atoms with Gasteiger partial charge in [-0.1, -0.05) is 6.42 Å². The van der Waals surface area contributed by atoms with Gasteiger partial charge in [0.15, 0.2) is 0 Å². The van der Waals surface area contributed by atoms with Crippen LogP contribution in [0.15, 0.2) is 24.7 Å². The van der Waals surface area contributed by atoms with E-state index in [2.05, 4.69) is 4.98 Å². The van der Waals surface area contributed by atoms with Crippen molar-refractivity contribution in [2.24, 2.45) is 11.7 Å². The Bertz CT molecular complexity index is 673. The second-order valence-electron chi connectivity index (χ2n) is 5.04. The van der Waals surface area contributed by atoms with Gasteiger partial charge in [-0.05, 0) is 24.8 Å². The van der Waals surface area contributed by atoms with Crippen LogP contribution >= 0.6 is 0 Å². The van der Waals surface area contributed by atoms with Crippen LogP contribution in [0.25, 0.3) is 10.9 Å². The number of pyridine rings is 1. The molecule has 1 fully saturated rings. The summed E-state index contributed by atoms with van der Waals surface area (Å²) in [5.74, 6) is 0.00485. The standard InChI is InChI=1S/C14H15N3O3/c15-14(19)17-5-4-10-6-16-7-11(12(10)17)13(18)20-8-9-2-1-3-9/h4-7,9H,1-3,8H2,(H2,15,19). The third kappa shape index (κ3) is 2.13. The third-order valence-electron chi connectivity index (χ3n) is 3.72. The normalized spacial score (nSPS) is 15.0. The van der Waals surface area contributed by atoms with Crippen LogP contribution < -0.4 is 5.73 Å². The predicted octanol–water partition coefficient (Wildman–Crippen LogP) is 1.92. The molecule has 20 heavy (non-hydrogen) atoms. The van der Waals surface area contributed by atoms with Gasteiger partial charge >= 0.3 is 12.0 Å². The van der Waals surface area contributed by atoms with E-state index in [1.54, 1.807) is 12.3 Å². The van der Waals surface area contributed by atoms with Crippen LogP contribution in [0.3, 0.4) is 0 Å². The molecule has 2 N–H and O–H groups in total. The fourth-order valence-electron chi connectivity index (χ4n) is 2.35. The molecule has 0 bridgehead atoms. The number of aromatic nitrogens is 2. The van der Waals surface area contributed by atoms with Gasteiger partial charge in [-0.3, -0.25) is 9.55 Å². The van der Waals surface area contributed by atoms with Gasteiger partial charge in [0.05, 0.1) is 12.1 Å². The Labute approximate surface area is 115 Å². The summed E-state index contributed by atoms with van der Waals surface area (Å²) in [6, 6.07) is 1.05. The Kier molecular flexibility index (Phi) is 3.14. The largest absolute Gasteiger partial charge is 0.462 e. The zero-order valence-electron chi connectivity index (χ0n) is 10.9. The molecule has 0 spiro atoms. The van der Waals surface area contributed by atoms with Crippen LogP contribution in [-0.2, 0) is 4.74 Å². The van der Waals surface area contributed by atoms with Crippen molar-refractivity contribution in [1.29, 1.82) is 0 Å². The highest BCUT2D eigenvalue weighted by Crippen LogP contribution is 2.27. The second kappa shape index (κ2) is 4.96. The van der Waals surface area contributed by atoms with Gasteiger partial charge in [0.25, 0.3) is 0 Å². The molecular formula is C14H15N3O3. The number of esters is 1. The molecule has 3 rings (SSSR count). The minimum Gasteiger partial charge on any atom is -0.462 e. The van der Waals surface area contributed by atoms with Gasteiger partial charge in [0.1, 0.15) is 5.56 Å². The van der Waals surface area contributed by atoms with E-state index >= 15 is 0 Å². The first-order valence-corrected chi connectivity index (χ1v) is 6.59. The van der Waals surface area contributed by atoms with E-state index in [4.69, 9.17) is 10.5 Å². The summed E-state index contributed by atoms with van der Waals surface area (Å²) in [7, 11) is 0. The molecule has 1 aliphatic carbocycles. The zero-order valence-corrected chi connectivity index (χ0v) is 10.9. The Morgan fingerprint density at radius 3 is 2.85 bits per heavy atom. The first kappa shape index (κ1) is 12.7.